The molecule has 0 saturated heterocycles. The van der Waals surface area contributed by atoms with E-state index in [4.69, 9.17) is 13.9 Å². The van der Waals surface area contributed by atoms with Crippen molar-refractivity contribution in [1.29, 1.82) is 0 Å². The van der Waals surface area contributed by atoms with Gasteiger partial charge >= 0.3 is 12.0 Å². The molecule has 1 aromatic heterocycles. The number of nitrogens with zero attached hydrogens (tertiary/aromatic N) is 1. The van der Waals surface area contributed by atoms with Crippen molar-refractivity contribution < 1.29 is 18.7 Å². The molecular formula is C14H17NO4. The largest absolute Gasteiger partial charge is 0.496 e. The first-order valence-electron chi connectivity index (χ1n) is 6.22. The Kier molecular flexibility index (Phi) is 3.94. The first kappa shape index (κ1) is 13.3. The van der Waals surface area contributed by atoms with Gasteiger partial charge in [0, 0.05) is 13.1 Å². The molecule has 1 amide bonds. The Balaban J connectivity index is 2.29. The van der Waals surface area contributed by atoms with E-state index in [1.807, 2.05) is 32.0 Å². The highest BCUT2D eigenvalue weighted by Gasteiger charge is 2.17. The van der Waals surface area contributed by atoms with Crippen LogP contribution in [0.15, 0.2) is 28.9 Å². The van der Waals surface area contributed by atoms with E-state index >= 15 is 0 Å². The van der Waals surface area contributed by atoms with E-state index < -0.39 is 6.09 Å². The lowest BCUT2D eigenvalue weighted by Gasteiger charge is -2.16. The quantitative estimate of drug-likeness (QED) is 0.849. The van der Waals surface area contributed by atoms with Crippen LogP contribution >= 0.6 is 0 Å². The van der Waals surface area contributed by atoms with E-state index in [0.717, 1.165) is 10.8 Å². The van der Waals surface area contributed by atoms with Gasteiger partial charge in [0.2, 0.25) is 0 Å². The van der Waals surface area contributed by atoms with Gasteiger partial charge < -0.3 is 18.8 Å². The fraction of sp³-hybridized carbons (Fsp3) is 0.357. The normalized spacial score (nSPS) is 10.5. The summed E-state index contributed by atoms with van der Waals surface area (Å²) in [5, 5.41) is 1.51. The van der Waals surface area contributed by atoms with Crippen molar-refractivity contribution >= 4 is 16.9 Å². The minimum Gasteiger partial charge on any atom is -0.496 e. The number of ether oxygens (including phenoxy) is 2. The number of carbonyl (C=O) groups is 1. The van der Waals surface area contributed by atoms with Gasteiger partial charge in [-0.05, 0) is 26.0 Å². The summed E-state index contributed by atoms with van der Waals surface area (Å²) in [4.78, 5) is 13.5. The highest BCUT2D eigenvalue weighted by Crippen LogP contribution is 2.34. The maximum Gasteiger partial charge on any atom is 0.417 e. The summed E-state index contributed by atoms with van der Waals surface area (Å²) < 4.78 is 15.8. The van der Waals surface area contributed by atoms with Gasteiger partial charge in [-0.15, -0.1) is 0 Å². The minimum absolute atomic E-state index is 0.200. The summed E-state index contributed by atoms with van der Waals surface area (Å²) in [6.45, 7) is 4.98. The Morgan fingerprint density at radius 2 is 2.00 bits per heavy atom. The molecule has 0 spiro atoms. The van der Waals surface area contributed by atoms with Crippen molar-refractivity contribution in [3.05, 3.63) is 24.5 Å². The van der Waals surface area contributed by atoms with Gasteiger partial charge in [-0.1, -0.05) is 6.07 Å². The van der Waals surface area contributed by atoms with Crippen molar-refractivity contribution in [2.75, 3.05) is 20.2 Å². The smallest absolute Gasteiger partial charge is 0.417 e. The van der Waals surface area contributed by atoms with E-state index in [9.17, 15) is 4.79 Å². The fourth-order valence-electron chi connectivity index (χ4n) is 1.90. The number of methoxy groups -OCH3 is 1. The first-order valence-corrected chi connectivity index (χ1v) is 6.22. The van der Waals surface area contributed by atoms with Crippen LogP contribution in [0, 0.1) is 0 Å². The maximum atomic E-state index is 11.9. The van der Waals surface area contributed by atoms with Gasteiger partial charge in [0.15, 0.2) is 0 Å². The number of fused-ring (bicyclic) bond motifs is 1. The average molecular weight is 263 g/mol. The fourth-order valence-corrected chi connectivity index (χ4v) is 1.90. The Hall–Kier alpha value is -2.17. The lowest BCUT2D eigenvalue weighted by molar-refractivity contribution is 0.146. The lowest BCUT2D eigenvalue weighted by atomic mass is 10.2. The second-order valence-electron chi connectivity index (χ2n) is 3.98. The highest BCUT2D eigenvalue weighted by atomic mass is 16.6. The van der Waals surface area contributed by atoms with E-state index in [-0.39, 0.29) is 5.95 Å². The molecule has 0 N–H and O–H groups in total. The molecule has 0 unspecified atom stereocenters. The monoisotopic (exact) mass is 263 g/mol. The highest BCUT2D eigenvalue weighted by molar-refractivity contribution is 5.92. The molecule has 0 aliphatic carbocycles. The number of rotatable bonds is 4. The topological polar surface area (TPSA) is 51.9 Å². The molecule has 0 aliphatic rings. The molecule has 0 fully saturated rings. The first-order chi connectivity index (χ1) is 9.21. The van der Waals surface area contributed by atoms with Crippen LogP contribution in [-0.2, 0) is 0 Å². The Morgan fingerprint density at radius 3 is 2.63 bits per heavy atom. The summed E-state index contributed by atoms with van der Waals surface area (Å²) in [5.41, 5.74) is 0. The maximum absolute atomic E-state index is 11.9. The van der Waals surface area contributed by atoms with Crippen LogP contribution in [-0.4, -0.2) is 31.2 Å². The van der Waals surface area contributed by atoms with Crippen molar-refractivity contribution in [3.63, 3.8) is 0 Å². The number of benzene rings is 1. The zero-order chi connectivity index (χ0) is 13.8. The molecular weight excluding hydrogens is 246 g/mol. The van der Waals surface area contributed by atoms with Gasteiger partial charge in [0.25, 0.3) is 0 Å². The second-order valence-corrected chi connectivity index (χ2v) is 3.98. The van der Waals surface area contributed by atoms with Crippen LogP contribution in [0.5, 0.6) is 11.7 Å². The predicted octanol–water partition coefficient (Wildman–Crippen LogP) is 3.28. The summed E-state index contributed by atoms with van der Waals surface area (Å²) >= 11 is 0. The standard InChI is InChI=1S/C14H17NO4/c1-4-15(5-2)14(16)19-13-10-7-6-8-12(17-3)11(10)9-18-13/h6-9H,4-5H2,1-3H3. The third-order valence-electron chi connectivity index (χ3n) is 2.99. The molecule has 0 atom stereocenters. The zero-order valence-corrected chi connectivity index (χ0v) is 11.3. The SMILES string of the molecule is CCN(CC)C(=O)Oc1occ2c(OC)cccc12. The van der Waals surface area contributed by atoms with Gasteiger partial charge in [-0.25, -0.2) is 4.79 Å². The van der Waals surface area contributed by atoms with E-state index in [1.165, 1.54) is 6.26 Å². The summed E-state index contributed by atoms with van der Waals surface area (Å²) in [6, 6.07) is 5.48. The van der Waals surface area contributed by atoms with Gasteiger partial charge in [-0.2, -0.15) is 0 Å². The third kappa shape index (κ3) is 2.50. The molecule has 1 aromatic carbocycles. The molecule has 1 heterocycles. The van der Waals surface area contributed by atoms with E-state index in [0.29, 0.717) is 18.8 Å². The number of amides is 1. The van der Waals surface area contributed by atoms with Crippen molar-refractivity contribution in [3.8, 4) is 11.7 Å². The van der Waals surface area contributed by atoms with Gasteiger partial charge in [0.1, 0.15) is 12.0 Å². The molecule has 2 rings (SSSR count). The molecule has 19 heavy (non-hydrogen) atoms. The van der Waals surface area contributed by atoms with Crippen molar-refractivity contribution in [2.45, 2.75) is 13.8 Å². The minimum atomic E-state index is -0.413. The number of carbonyl (C=O) groups excluding carboxylic acids is 1. The summed E-state index contributed by atoms with van der Waals surface area (Å²) in [6.07, 6.45) is 1.11. The van der Waals surface area contributed by atoms with Crippen LogP contribution < -0.4 is 9.47 Å². The van der Waals surface area contributed by atoms with E-state index in [1.54, 1.807) is 12.0 Å². The Bertz CT molecular complexity index is 572. The zero-order valence-electron chi connectivity index (χ0n) is 11.3. The molecule has 0 saturated carbocycles. The number of furan rings is 1. The molecule has 5 nitrogen and oxygen atoms in total. The molecule has 0 bridgehead atoms. The van der Waals surface area contributed by atoms with Crippen molar-refractivity contribution in [1.82, 2.24) is 4.90 Å². The van der Waals surface area contributed by atoms with Crippen LogP contribution in [0.25, 0.3) is 10.8 Å². The second kappa shape index (κ2) is 5.65. The molecule has 0 radical (unpaired) electrons. The Morgan fingerprint density at radius 1 is 1.26 bits per heavy atom. The van der Waals surface area contributed by atoms with Gasteiger partial charge in [0.05, 0.1) is 17.9 Å². The third-order valence-corrected chi connectivity index (χ3v) is 2.99. The van der Waals surface area contributed by atoms with E-state index in [2.05, 4.69) is 0 Å². The average Bonchev–Trinajstić information content (AvgIpc) is 2.83. The molecule has 2 aromatic rings. The van der Waals surface area contributed by atoms with Crippen LogP contribution in [0.3, 0.4) is 0 Å². The lowest BCUT2D eigenvalue weighted by Crippen LogP contribution is -2.32. The Labute approximate surface area is 111 Å². The van der Waals surface area contributed by atoms with Crippen molar-refractivity contribution in [2.24, 2.45) is 0 Å². The summed E-state index contributed by atoms with van der Waals surface area (Å²) in [5.74, 6) is 0.886. The van der Waals surface area contributed by atoms with Gasteiger partial charge in [-0.3, -0.25) is 0 Å². The number of hydrogen-bond acceptors (Lipinski definition) is 4. The molecule has 0 aliphatic heterocycles. The molecule has 5 heteroatoms. The predicted molar refractivity (Wildman–Crippen MR) is 71.7 cm³/mol. The molecule has 102 valence electrons. The van der Waals surface area contributed by atoms with Crippen LogP contribution in [0.4, 0.5) is 4.79 Å². The van der Waals surface area contributed by atoms with Crippen LogP contribution in [0.2, 0.25) is 0 Å². The number of hydrogen-bond donors (Lipinski definition) is 0. The van der Waals surface area contributed by atoms with Crippen LogP contribution in [0.1, 0.15) is 13.8 Å². The summed E-state index contributed by atoms with van der Waals surface area (Å²) in [7, 11) is 1.59.